The molecule has 2 heterocycles. The third-order valence-corrected chi connectivity index (χ3v) is 3.42. The molecule has 3 nitrogen and oxygen atoms in total. The Labute approximate surface area is 99.2 Å². The number of benzene rings is 1. The quantitative estimate of drug-likeness (QED) is 0.579. The van der Waals surface area contributed by atoms with Gasteiger partial charge in [-0.3, -0.25) is 4.90 Å². The molecule has 0 saturated heterocycles. The van der Waals surface area contributed by atoms with Crippen LogP contribution in [0.2, 0.25) is 0 Å². The fourth-order valence-corrected chi connectivity index (χ4v) is 2.30. The molecule has 0 saturated carbocycles. The molecule has 1 aromatic rings. The van der Waals surface area contributed by atoms with Gasteiger partial charge in [-0.15, -0.1) is 25.3 Å². The van der Waals surface area contributed by atoms with E-state index in [9.17, 15) is 0 Å². The average molecular weight is 241 g/mol. The lowest BCUT2D eigenvalue weighted by Gasteiger charge is -2.17. The summed E-state index contributed by atoms with van der Waals surface area (Å²) in [5.41, 5.74) is 2.57. The number of fused-ring (bicyclic) bond motifs is 2. The number of hydrogen-bond acceptors (Lipinski definition) is 5. The third-order valence-electron chi connectivity index (χ3n) is 2.77. The van der Waals surface area contributed by atoms with Crippen LogP contribution in [0.15, 0.2) is 12.1 Å². The van der Waals surface area contributed by atoms with E-state index in [1.165, 1.54) is 11.1 Å². The Kier molecular flexibility index (Phi) is 2.26. The lowest BCUT2D eigenvalue weighted by molar-refractivity contribution is 0.173. The van der Waals surface area contributed by atoms with Gasteiger partial charge in [0, 0.05) is 13.1 Å². The van der Waals surface area contributed by atoms with Crippen LogP contribution in [0, 0.1) is 0 Å². The maximum Gasteiger partial charge on any atom is 0.231 e. The van der Waals surface area contributed by atoms with Crippen molar-refractivity contribution in [3.05, 3.63) is 23.3 Å². The second-order valence-electron chi connectivity index (χ2n) is 3.73. The third kappa shape index (κ3) is 1.58. The zero-order valence-electron chi connectivity index (χ0n) is 8.01. The van der Waals surface area contributed by atoms with Crippen molar-refractivity contribution in [3.8, 4) is 11.5 Å². The number of rotatable bonds is 1. The maximum atomic E-state index is 5.34. The van der Waals surface area contributed by atoms with Crippen molar-refractivity contribution in [2.45, 2.75) is 17.8 Å². The molecule has 3 rings (SSSR count). The second kappa shape index (κ2) is 3.50. The summed E-state index contributed by atoms with van der Waals surface area (Å²) >= 11 is 8.63. The first-order valence-corrected chi connectivity index (χ1v) is 5.79. The van der Waals surface area contributed by atoms with Gasteiger partial charge in [-0.05, 0) is 23.3 Å². The molecule has 0 bridgehead atoms. The van der Waals surface area contributed by atoms with Crippen LogP contribution < -0.4 is 9.47 Å². The lowest BCUT2D eigenvalue weighted by Crippen LogP contribution is -2.20. The van der Waals surface area contributed by atoms with Crippen LogP contribution in [0.25, 0.3) is 0 Å². The topological polar surface area (TPSA) is 21.7 Å². The number of thiol groups is 2. The minimum absolute atomic E-state index is 0.0194. The molecule has 80 valence electrons. The van der Waals surface area contributed by atoms with Crippen LogP contribution in [0.3, 0.4) is 0 Å². The summed E-state index contributed by atoms with van der Waals surface area (Å²) in [4.78, 5) is 2.17. The molecule has 0 unspecified atom stereocenters. The van der Waals surface area contributed by atoms with Crippen LogP contribution in [-0.2, 0) is 13.1 Å². The highest BCUT2D eigenvalue weighted by atomic mass is 32.2. The van der Waals surface area contributed by atoms with Gasteiger partial charge in [0.1, 0.15) is 0 Å². The molecule has 5 heteroatoms. The van der Waals surface area contributed by atoms with Gasteiger partial charge in [-0.2, -0.15) is 0 Å². The Balaban J connectivity index is 1.95. The minimum atomic E-state index is -0.0194. The van der Waals surface area contributed by atoms with Crippen LogP contribution >= 0.6 is 25.3 Å². The Morgan fingerprint density at radius 1 is 1.07 bits per heavy atom. The summed E-state index contributed by atoms with van der Waals surface area (Å²) in [6.45, 7) is 2.09. The molecule has 0 N–H and O–H groups in total. The van der Waals surface area contributed by atoms with Crippen molar-refractivity contribution in [3.63, 3.8) is 0 Å². The molecule has 0 fully saturated rings. The van der Waals surface area contributed by atoms with Crippen molar-refractivity contribution in [2.24, 2.45) is 0 Å². The number of hydrogen-bond donors (Lipinski definition) is 2. The molecule has 0 aliphatic carbocycles. The van der Waals surface area contributed by atoms with Crippen molar-refractivity contribution >= 4 is 25.3 Å². The average Bonchev–Trinajstić information content (AvgIpc) is 2.77. The van der Waals surface area contributed by atoms with Gasteiger partial charge in [0.2, 0.25) is 6.79 Å². The highest BCUT2D eigenvalue weighted by molar-refractivity contribution is 7.99. The highest BCUT2D eigenvalue weighted by Gasteiger charge is 2.25. The van der Waals surface area contributed by atoms with E-state index in [0.29, 0.717) is 6.79 Å². The van der Waals surface area contributed by atoms with Gasteiger partial charge >= 0.3 is 0 Å². The number of ether oxygens (including phenoxy) is 2. The summed E-state index contributed by atoms with van der Waals surface area (Å²) in [5, 5.41) is 0. The molecule has 0 spiro atoms. The van der Waals surface area contributed by atoms with Gasteiger partial charge < -0.3 is 9.47 Å². The Bertz CT molecular complexity index is 376. The maximum absolute atomic E-state index is 5.34. The summed E-state index contributed by atoms with van der Waals surface area (Å²) in [5.74, 6) is 1.70. The van der Waals surface area contributed by atoms with Crippen molar-refractivity contribution < 1.29 is 9.47 Å². The standard InChI is InChI=1S/C10H11NO2S2/c14-10(15)11-3-6-1-8-9(13-5-12-8)2-7(6)4-11/h1-2,10,14-15H,3-5H2. The molecular formula is C10H11NO2S2. The molecule has 2 aliphatic heterocycles. The fourth-order valence-electron chi connectivity index (χ4n) is 1.98. The summed E-state index contributed by atoms with van der Waals surface area (Å²) < 4.78 is 10.7. The van der Waals surface area contributed by atoms with E-state index in [-0.39, 0.29) is 4.71 Å². The van der Waals surface area contributed by atoms with Gasteiger partial charge in [-0.25, -0.2) is 0 Å². The van der Waals surface area contributed by atoms with Gasteiger partial charge in [0.15, 0.2) is 11.5 Å². The fraction of sp³-hybridized carbons (Fsp3) is 0.400. The highest BCUT2D eigenvalue weighted by Crippen LogP contribution is 2.38. The second-order valence-corrected chi connectivity index (χ2v) is 5.11. The first-order valence-electron chi connectivity index (χ1n) is 4.75. The Morgan fingerprint density at radius 3 is 2.07 bits per heavy atom. The first-order chi connectivity index (χ1) is 7.24. The molecule has 2 aliphatic rings. The van der Waals surface area contributed by atoms with Gasteiger partial charge in [-0.1, -0.05) is 0 Å². The van der Waals surface area contributed by atoms with Crippen LogP contribution in [0.5, 0.6) is 11.5 Å². The van der Waals surface area contributed by atoms with E-state index in [1.54, 1.807) is 0 Å². The SMILES string of the molecule is SC(S)N1Cc2cc3c(cc2C1)OCO3. The zero-order chi connectivity index (χ0) is 10.4. The predicted octanol–water partition coefficient (Wildman–Crippen LogP) is 1.87. The van der Waals surface area contributed by atoms with E-state index in [1.807, 2.05) is 0 Å². The Morgan fingerprint density at radius 2 is 1.60 bits per heavy atom. The van der Waals surface area contributed by atoms with Crippen molar-refractivity contribution in [1.82, 2.24) is 4.90 Å². The summed E-state index contributed by atoms with van der Waals surface area (Å²) in [6.07, 6.45) is 0. The van der Waals surface area contributed by atoms with Gasteiger partial charge in [0.25, 0.3) is 0 Å². The van der Waals surface area contributed by atoms with Crippen LogP contribution in [-0.4, -0.2) is 16.4 Å². The van der Waals surface area contributed by atoms with Crippen molar-refractivity contribution in [2.75, 3.05) is 6.79 Å². The molecule has 0 radical (unpaired) electrons. The molecule has 1 aromatic carbocycles. The summed E-state index contributed by atoms with van der Waals surface area (Å²) in [6, 6.07) is 4.11. The van der Waals surface area contributed by atoms with E-state index >= 15 is 0 Å². The van der Waals surface area contributed by atoms with Crippen LogP contribution in [0.4, 0.5) is 0 Å². The molecule has 15 heavy (non-hydrogen) atoms. The van der Waals surface area contributed by atoms with E-state index in [4.69, 9.17) is 9.47 Å². The van der Waals surface area contributed by atoms with Crippen LogP contribution in [0.1, 0.15) is 11.1 Å². The number of nitrogens with zero attached hydrogens (tertiary/aromatic N) is 1. The smallest absolute Gasteiger partial charge is 0.231 e. The predicted molar refractivity (Wildman–Crippen MR) is 63.6 cm³/mol. The Hall–Kier alpha value is -0.520. The molecule has 0 amide bonds. The molecule has 0 aromatic heterocycles. The van der Waals surface area contributed by atoms with E-state index in [0.717, 1.165) is 24.6 Å². The van der Waals surface area contributed by atoms with E-state index in [2.05, 4.69) is 42.3 Å². The monoisotopic (exact) mass is 241 g/mol. The molecular weight excluding hydrogens is 230 g/mol. The largest absolute Gasteiger partial charge is 0.454 e. The van der Waals surface area contributed by atoms with Gasteiger partial charge in [0.05, 0.1) is 4.71 Å². The summed E-state index contributed by atoms with van der Waals surface area (Å²) in [7, 11) is 0. The first kappa shape index (κ1) is 9.69. The minimum Gasteiger partial charge on any atom is -0.454 e. The normalized spacial score (nSPS) is 18.6. The zero-order valence-corrected chi connectivity index (χ0v) is 9.80. The lowest BCUT2D eigenvalue weighted by atomic mass is 10.1. The van der Waals surface area contributed by atoms with E-state index < -0.39 is 0 Å². The van der Waals surface area contributed by atoms with Crippen molar-refractivity contribution in [1.29, 1.82) is 0 Å². The molecule has 0 atom stereocenters.